The summed E-state index contributed by atoms with van der Waals surface area (Å²) in [6.45, 7) is 2.96. The average Bonchev–Trinajstić information content (AvgIpc) is 3.55. The molecule has 37 heavy (non-hydrogen) atoms. The molecule has 1 saturated heterocycles. The van der Waals surface area contributed by atoms with Gasteiger partial charge in [0.05, 0.1) is 31.8 Å². The number of hydrogen-bond acceptors (Lipinski definition) is 9. The standard InChI is InChI=1S/C24H28N6O6S/c1-16(14-29-20(31)11-6-12-24(29,2)15-25)37(32,33)28-23-27-26-22(19-10-7-13-36-19)30(23)21-17(34-3)8-5-9-18(21)35-4/h5,7-10,13,16H,6,11-12,14H2,1-4H3,(H,27,28)/t16?,24-/m1/s1. The normalized spacial score (nSPS) is 18.8. The van der Waals surface area contributed by atoms with Crippen LogP contribution in [-0.4, -0.2) is 65.5 Å². The van der Waals surface area contributed by atoms with Crippen LogP contribution < -0.4 is 14.2 Å². The summed E-state index contributed by atoms with van der Waals surface area (Å²) in [5.74, 6) is 0.922. The van der Waals surface area contributed by atoms with Crippen LogP contribution in [0.1, 0.15) is 33.1 Å². The lowest BCUT2D eigenvalue weighted by Gasteiger charge is -2.40. The van der Waals surface area contributed by atoms with Gasteiger partial charge in [0.25, 0.3) is 0 Å². The summed E-state index contributed by atoms with van der Waals surface area (Å²) in [6, 6.07) is 10.6. The van der Waals surface area contributed by atoms with Gasteiger partial charge >= 0.3 is 0 Å². The van der Waals surface area contributed by atoms with Crippen LogP contribution in [0.25, 0.3) is 17.3 Å². The van der Waals surface area contributed by atoms with Crippen LogP contribution in [-0.2, 0) is 14.8 Å². The van der Waals surface area contributed by atoms with Crippen LogP contribution in [0.2, 0.25) is 0 Å². The van der Waals surface area contributed by atoms with Crippen molar-refractivity contribution in [2.24, 2.45) is 0 Å². The van der Waals surface area contributed by atoms with Gasteiger partial charge in [0.15, 0.2) is 5.76 Å². The summed E-state index contributed by atoms with van der Waals surface area (Å²) in [6.07, 6.45) is 2.79. The number of carbonyl (C=O) groups excluding carboxylic acids is 1. The van der Waals surface area contributed by atoms with Gasteiger partial charge in [0, 0.05) is 13.0 Å². The van der Waals surface area contributed by atoms with Crippen LogP contribution in [0.3, 0.4) is 0 Å². The third kappa shape index (κ3) is 4.84. The summed E-state index contributed by atoms with van der Waals surface area (Å²) < 4.78 is 47.4. The highest BCUT2D eigenvalue weighted by atomic mass is 32.2. The molecule has 0 bridgehead atoms. The third-order valence-corrected chi connectivity index (χ3v) is 8.10. The molecule has 12 nitrogen and oxygen atoms in total. The molecular formula is C24H28N6O6S. The van der Waals surface area contributed by atoms with Gasteiger partial charge in [0.2, 0.25) is 27.7 Å². The van der Waals surface area contributed by atoms with E-state index in [2.05, 4.69) is 21.0 Å². The molecule has 0 spiro atoms. The Morgan fingerprint density at radius 3 is 2.51 bits per heavy atom. The molecule has 3 heterocycles. The minimum atomic E-state index is -4.11. The maximum atomic E-state index is 13.5. The second-order valence-corrected chi connectivity index (χ2v) is 11.0. The highest BCUT2D eigenvalue weighted by Crippen LogP contribution is 2.38. The molecular weight excluding hydrogens is 500 g/mol. The second-order valence-electron chi connectivity index (χ2n) is 8.87. The molecule has 13 heteroatoms. The van der Waals surface area contributed by atoms with Crippen molar-refractivity contribution in [2.45, 2.75) is 43.9 Å². The van der Waals surface area contributed by atoms with Crippen LogP contribution in [0, 0.1) is 11.3 Å². The second kappa shape index (κ2) is 10.1. The Hall–Kier alpha value is -4.05. The van der Waals surface area contributed by atoms with E-state index in [1.165, 1.54) is 36.9 Å². The van der Waals surface area contributed by atoms with E-state index in [4.69, 9.17) is 13.9 Å². The first-order valence-corrected chi connectivity index (χ1v) is 13.1. The molecule has 1 unspecified atom stereocenters. The molecule has 1 N–H and O–H groups in total. The third-order valence-electron chi connectivity index (χ3n) is 6.42. The Kier molecular flexibility index (Phi) is 7.13. The van der Waals surface area contributed by atoms with E-state index in [1.54, 1.807) is 37.3 Å². The van der Waals surface area contributed by atoms with Crippen LogP contribution in [0.4, 0.5) is 5.95 Å². The SMILES string of the molecule is COc1cccc(OC)c1-n1c(NS(=O)(=O)C(C)CN2C(=O)CCC[C@]2(C)C#N)nnc1-c1ccco1. The number of aromatic nitrogens is 3. The molecule has 2 aromatic heterocycles. The van der Waals surface area contributed by atoms with Crippen molar-refractivity contribution in [1.29, 1.82) is 5.26 Å². The number of anilines is 1. The molecule has 1 fully saturated rings. The smallest absolute Gasteiger partial charge is 0.243 e. The van der Waals surface area contributed by atoms with Crippen LogP contribution in [0.5, 0.6) is 11.5 Å². The summed E-state index contributed by atoms with van der Waals surface area (Å²) >= 11 is 0. The van der Waals surface area contributed by atoms with Crippen molar-refractivity contribution in [3.63, 3.8) is 0 Å². The number of methoxy groups -OCH3 is 2. The van der Waals surface area contributed by atoms with E-state index in [0.717, 1.165) is 0 Å². The van der Waals surface area contributed by atoms with E-state index in [1.807, 2.05) is 0 Å². The number of amides is 1. The summed E-state index contributed by atoms with van der Waals surface area (Å²) in [7, 11) is -1.16. The van der Waals surface area contributed by atoms with Gasteiger partial charge in [0.1, 0.15) is 22.7 Å². The number of benzene rings is 1. The maximum Gasteiger partial charge on any atom is 0.243 e. The van der Waals surface area contributed by atoms with Crippen molar-refractivity contribution < 1.29 is 27.1 Å². The fourth-order valence-corrected chi connectivity index (χ4v) is 5.24. The number of ether oxygens (including phenoxy) is 2. The summed E-state index contributed by atoms with van der Waals surface area (Å²) in [5.41, 5.74) is -0.714. The largest absolute Gasteiger partial charge is 0.494 e. The van der Waals surface area contributed by atoms with E-state index in [9.17, 15) is 18.5 Å². The summed E-state index contributed by atoms with van der Waals surface area (Å²) in [5, 5.41) is 16.9. The first kappa shape index (κ1) is 26.0. The lowest BCUT2D eigenvalue weighted by Crippen LogP contribution is -2.55. The van der Waals surface area contributed by atoms with E-state index in [-0.39, 0.29) is 30.6 Å². The first-order valence-electron chi connectivity index (χ1n) is 11.6. The molecule has 0 radical (unpaired) electrons. The van der Waals surface area contributed by atoms with Crippen LogP contribution in [0.15, 0.2) is 41.0 Å². The van der Waals surface area contributed by atoms with Crippen LogP contribution >= 0.6 is 0 Å². The first-order chi connectivity index (χ1) is 17.6. The van der Waals surface area contributed by atoms with E-state index in [0.29, 0.717) is 35.8 Å². The summed E-state index contributed by atoms with van der Waals surface area (Å²) in [4.78, 5) is 13.9. The minimum Gasteiger partial charge on any atom is -0.494 e. The number of nitriles is 1. The maximum absolute atomic E-state index is 13.5. The number of nitrogens with zero attached hydrogens (tertiary/aromatic N) is 5. The highest BCUT2D eigenvalue weighted by molar-refractivity contribution is 7.93. The predicted octanol–water partition coefficient (Wildman–Crippen LogP) is 2.97. The minimum absolute atomic E-state index is 0.130. The zero-order valence-corrected chi connectivity index (χ0v) is 21.8. The molecule has 0 aliphatic carbocycles. The Morgan fingerprint density at radius 1 is 1.22 bits per heavy atom. The number of hydrogen-bond donors (Lipinski definition) is 1. The van der Waals surface area contributed by atoms with Gasteiger partial charge < -0.3 is 18.8 Å². The lowest BCUT2D eigenvalue weighted by atomic mass is 9.89. The van der Waals surface area contributed by atoms with Gasteiger partial charge in [-0.05, 0) is 51.0 Å². The topological polar surface area (TPSA) is 153 Å². The number of carbonyl (C=O) groups is 1. The Balaban J connectivity index is 1.75. The highest BCUT2D eigenvalue weighted by Gasteiger charge is 2.41. The number of sulfonamides is 1. The fraction of sp³-hybridized carbons (Fsp3) is 0.417. The predicted molar refractivity (Wildman–Crippen MR) is 134 cm³/mol. The average molecular weight is 529 g/mol. The molecule has 0 saturated carbocycles. The molecule has 1 aliphatic rings. The Labute approximate surface area is 214 Å². The van der Waals surface area contributed by atoms with E-state index < -0.39 is 20.8 Å². The quantitative estimate of drug-likeness (QED) is 0.442. The number of nitrogens with one attached hydrogen (secondary N) is 1. The van der Waals surface area contributed by atoms with Gasteiger partial charge in [-0.1, -0.05) is 6.07 Å². The van der Waals surface area contributed by atoms with Gasteiger partial charge in [-0.2, -0.15) is 5.26 Å². The van der Waals surface area contributed by atoms with Gasteiger partial charge in [-0.25, -0.2) is 8.42 Å². The Bertz CT molecular complexity index is 1410. The van der Waals surface area contributed by atoms with Gasteiger partial charge in [-0.15, -0.1) is 10.2 Å². The van der Waals surface area contributed by atoms with Crippen molar-refractivity contribution in [3.8, 4) is 34.8 Å². The molecule has 1 aliphatic heterocycles. The number of furan rings is 1. The molecule has 4 rings (SSSR count). The monoisotopic (exact) mass is 528 g/mol. The van der Waals surface area contributed by atoms with E-state index >= 15 is 0 Å². The number of para-hydroxylation sites is 1. The molecule has 1 aromatic carbocycles. The number of likely N-dealkylation sites (tertiary alicyclic amines) is 1. The fourth-order valence-electron chi connectivity index (χ4n) is 4.31. The van der Waals surface area contributed by atoms with Gasteiger partial charge in [-0.3, -0.25) is 14.1 Å². The molecule has 1 amide bonds. The number of piperidine rings is 1. The Morgan fingerprint density at radius 2 is 1.92 bits per heavy atom. The van der Waals surface area contributed by atoms with Crippen molar-refractivity contribution in [2.75, 3.05) is 25.5 Å². The lowest BCUT2D eigenvalue weighted by molar-refractivity contribution is -0.138. The van der Waals surface area contributed by atoms with Crippen molar-refractivity contribution in [3.05, 3.63) is 36.6 Å². The zero-order valence-electron chi connectivity index (χ0n) is 21.0. The zero-order chi connectivity index (χ0) is 26.8. The van der Waals surface area contributed by atoms with Crippen molar-refractivity contribution >= 4 is 21.9 Å². The molecule has 3 aromatic rings. The molecule has 196 valence electrons. The number of rotatable bonds is 9. The molecule has 2 atom stereocenters. The van der Waals surface area contributed by atoms with Crippen molar-refractivity contribution in [1.82, 2.24) is 19.7 Å².